The van der Waals surface area contributed by atoms with Crippen molar-refractivity contribution >= 4 is 0 Å². The smallest absolute Gasteiger partial charge is 0.119 e. The Morgan fingerprint density at radius 2 is 1.43 bits per heavy atom. The first-order valence-corrected chi connectivity index (χ1v) is 7.45. The van der Waals surface area contributed by atoms with Crippen LogP contribution in [0.15, 0.2) is 48.5 Å². The van der Waals surface area contributed by atoms with Gasteiger partial charge in [0.2, 0.25) is 0 Å². The van der Waals surface area contributed by atoms with Crippen molar-refractivity contribution in [3.8, 4) is 5.75 Å². The van der Waals surface area contributed by atoms with E-state index in [1.54, 1.807) is 0 Å². The zero-order valence-corrected chi connectivity index (χ0v) is 13.1. The Morgan fingerprint density at radius 1 is 0.905 bits per heavy atom. The van der Waals surface area contributed by atoms with Crippen LogP contribution in [-0.2, 0) is 5.41 Å². The summed E-state index contributed by atoms with van der Waals surface area (Å²) in [5, 5.41) is 8.76. The molecule has 0 heterocycles. The highest BCUT2D eigenvalue weighted by molar-refractivity contribution is 5.40. The summed E-state index contributed by atoms with van der Waals surface area (Å²) >= 11 is 0. The van der Waals surface area contributed by atoms with Crippen LogP contribution in [0.2, 0.25) is 0 Å². The molecule has 0 amide bonds. The van der Waals surface area contributed by atoms with Crippen molar-refractivity contribution in [2.24, 2.45) is 0 Å². The van der Waals surface area contributed by atoms with Crippen LogP contribution in [0.4, 0.5) is 0 Å². The van der Waals surface area contributed by atoms with Crippen LogP contribution in [0.1, 0.15) is 37.0 Å². The van der Waals surface area contributed by atoms with E-state index in [9.17, 15) is 0 Å². The fraction of sp³-hybridized carbons (Fsp3) is 0.368. The van der Waals surface area contributed by atoms with Crippen LogP contribution in [0.25, 0.3) is 0 Å². The molecule has 2 rings (SSSR count). The molecule has 0 unspecified atom stereocenters. The lowest BCUT2D eigenvalue weighted by Gasteiger charge is -2.26. The zero-order chi connectivity index (χ0) is 15.3. The molecule has 0 aliphatic carbocycles. The van der Waals surface area contributed by atoms with E-state index in [1.807, 2.05) is 12.1 Å². The molecule has 1 N–H and O–H groups in total. The molecular weight excluding hydrogens is 260 g/mol. The van der Waals surface area contributed by atoms with Gasteiger partial charge >= 0.3 is 0 Å². The molecule has 0 saturated carbocycles. The largest absolute Gasteiger partial charge is 0.494 e. The van der Waals surface area contributed by atoms with Gasteiger partial charge in [0.15, 0.2) is 0 Å². The summed E-state index contributed by atoms with van der Waals surface area (Å²) in [7, 11) is 0. The third kappa shape index (κ3) is 3.85. The minimum atomic E-state index is -0.0304. The normalized spacial score (nSPS) is 11.4. The Hall–Kier alpha value is -1.80. The second-order valence-corrected chi connectivity index (χ2v) is 5.94. The van der Waals surface area contributed by atoms with Gasteiger partial charge in [-0.2, -0.15) is 0 Å². The third-order valence-electron chi connectivity index (χ3n) is 3.92. The van der Waals surface area contributed by atoms with Crippen LogP contribution < -0.4 is 4.74 Å². The second-order valence-electron chi connectivity index (χ2n) is 5.94. The maximum atomic E-state index is 8.76. The van der Waals surface area contributed by atoms with Crippen molar-refractivity contribution in [3.63, 3.8) is 0 Å². The molecule has 0 fully saturated rings. The van der Waals surface area contributed by atoms with Gasteiger partial charge in [0, 0.05) is 18.4 Å². The standard InChI is InChI=1S/C19H24O2/c1-15-5-7-16(8-6-15)19(2,3)17-9-11-18(12-10-17)21-14-4-13-20/h5-12,20H,4,13-14H2,1-3H3. The minimum Gasteiger partial charge on any atom is -0.494 e. The van der Waals surface area contributed by atoms with Gasteiger partial charge in [0.1, 0.15) is 5.75 Å². The average molecular weight is 284 g/mol. The number of aliphatic hydroxyl groups is 1. The first-order chi connectivity index (χ1) is 10.0. The predicted molar refractivity (Wildman–Crippen MR) is 86.9 cm³/mol. The molecule has 0 aromatic heterocycles. The van der Waals surface area contributed by atoms with Gasteiger partial charge in [-0.05, 0) is 30.2 Å². The molecule has 0 bridgehead atoms. The number of aryl methyl sites for hydroxylation is 1. The van der Waals surface area contributed by atoms with E-state index in [0.29, 0.717) is 13.0 Å². The van der Waals surface area contributed by atoms with E-state index in [2.05, 4.69) is 57.2 Å². The highest BCUT2D eigenvalue weighted by Gasteiger charge is 2.22. The molecule has 0 aliphatic heterocycles. The first kappa shape index (κ1) is 15.6. The number of aliphatic hydroxyl groups excluding tert-OH is 1. The lowest BCUT2D eigenvalue weighted by Crippen LogP contribution is -2.18. The molecule has 2 heteroatoms. The van der Waals surface area contributed by atoms with Crippen molar-refractivity contribution in [1.82, 2.24) is 0 Å². The second kappa shape index (κ2) is 6.77. The van der Waals surface area contributed by atoms with Gasteiger partial charge in [-0.1, -0.05) is 55.8 Å². The van der Waals surface area contributed by atoms with Gasteiger partial charge in [0.25, 0.3) is 0 Å². The number of ether oxygens (including phenoxy) is 1. The Bertz CT molecular complexity index is 553. The van der Waals surface area contributed by atoms with Crippen molar-refractivity contribution in [2.45, 2.75) is 32.6 Å². The topological polar surface area (TPSA) is 29.5 Å². The summed E-state index contributed by atoms with van der Waals surface area (Å²) in [6, 6.07) is 16.9. The lowest BCUT2D eigenvalue weighted by molar-refractivity contribution is 0.233. The van der Waals surface area contributed by atoms with Crippen molar-refractivity contribution in [2.75, 3.05) is 13.2 Å². The van der Waals surface area contributed by atoms with Gasteiger partial charge in [-0.25, -0.2) is 0 Å². The predicted octanol–water partition coefficient (Wildman–Crippen LogP) is 4.08. The maximum absolute atomic E-state index is 8.76. The van der Waals surface area contributed by atoms with Gasteiger partial charge in [-0.3, -0.25) is 0 Å². The summed E-state index contributed by atoms with van der Waals surface area (Å²) in [4.78, 5) is 0. The summed E-state index contributed by atoms with van der Waals surface area (Å²) in [5.74, 6) is 0.854. The Labute approximate surface area is 127 Å². The highest BCUT2D eigenvalue weighted by atomic mass is 16.5. The Balaban J connectivity index is 2.14. The van der Waals surface area contributed by atoms with Crippen molar-refractivity contribution in [1.29, 1.82) is 0 Å². The van der Waals surface area contributed by atoms with E-state index >= 15 is 0 Å². The Morgan fingerprint density at radius 3 is 1.95 bits per heavy atom. The van der Waals surface area contributed by atoms with Gasteiger partial charge in [0.05, 0.1) is 6.61 Å². The highest BCUT2D eigenvalue weighted by Crippen LogP contribution is 2.32. The summed E-state index contributed by atoms with van der Waals surface area (Å²) < 4.78 is 5.58. The molecule has 112 valence electrons. The molecule has 0 spiro atoms. The molecular formula is C19H24O2. The quantitative estimate of drug-likeness (QED) is 0.810. The molecule has 2 nitrogen and oxygen atoms in total. The van der Waals surface area contributed by atoms with Crippen LogP contribution in [0.3, 0.4) is 0 Å². The number of hydrogen-bond acceptors (Lipinski definition) is 2. The van der Waals surface area contributed by atoms with Crippen molar-refractivity contribution < 1.29 is 9.84 Å². The lowest BCUT2D eigenvalue weighted by atomic mass is 9.78. The number of rotatable bonds is 6. The summed E-state index contributed by atoms with van der Waals surface area (Å²) in [6.07, 6.45) is 0.663. The molecule has 0 saturated heterocycles. The average Bonchev–Trinajstić information content (AvgIpc) is 2.48. The molecule has 2 aromatic rings. The summed E-state index contributed by atoms with van der Waals surface area (Å²) in [5.41, 5.74) is 3.82. The number of hydrogen-bond donors (Lipinski definition) is 1. The van der Waals surface area contributed by atoms with E-state index in [4.69, 9.17) is 9.84 Å². The monoisotopic (exact) mass is 284 g/mol. The third-order valence-corrected chi connectivity index (χ3v) is 3.92. The molecule has 0 atom stereocenters. The fourth-order valence-corrected chi connectivity index (χ4v) is 2.36. The van der Waals surface area contributed by atoms with Crippen LogP contribution in [0.5, 0.6) is 5.75 Å². The van der Waals surface area contributed by atoms with Gasteiger partial charge in [-0.15, -0.1) is 0 Å². The maximum Gasteiger partial charge on any atom is 0.119 e. The van der Waals surface area contributed by atoms with E-state index in [-0.39, 0.29) is 12.0 Å². The zero-order valence-electron chi connectivity index (χ0n) is 13.1. The van der Waals surface area contributed by atoms with Crippen LogP contribution in [0, 0.1) is 6.92 Å². The van der Waals surface area contributed by atoms with Crippen molar-refractivity contribution in [3.05, 3.63) is 65.2 Å². The molecule has 2 aromatic carbocycles. The van der Waals surface area contributed by atoms with Crippen LogP contribution in [-0.4, -0.2) is 18.3 Å². The number of benzene rings is 2. The van der Waals surface area contributed by atoms with Gasteiger partial charge < -0.3 is 9.84 Å². The minimum absolute atomic E-state index is 0.0304. The first-order valence-electron chi connectivity index (χ1n) is 7.45. The Kier molecular flexibility index (Phi) is 5.03. The fourth-order valence-electron chi connectivity index (χ4n) is 2.36. The summed E-state index contributed by atoms with van der Waals surface area (Å²) in [6.45, 7) is 7.30. The molecule has 21 heavy (non-hydrogen) atoms. The SMILES string of the molecule is Cc1ccc(C(C)(C)c2ccc(OCCCO)cc2)cc1. The van der Waals surface area contributed by atoms with E-state index in [1.165, 1.54) is 16.7 Å². The molecule has 0 radical (unpaired) electrons. The van der Waals surface area contributed by atoms with E-state index < -0.39 is 0 Å². The van der Waals surface area contributed by atoms with E-state index in [0.717, 1.165) is 5.75 Å². The van der Waals surface area contributed by atoms with Crippen LogP contribution >= 0.6 is 0 Å². The molecule has 0 aliphatic rings.